The van der Waals surface area contributed by atoms with Crippen molar-refractivity contribution in [3.05, 3.63) is 71.3 Å². The minimum Gasteiger partial charge on any atom is -0.488 e. The van der Waals surface area contributed by atoms with Crippen molar-refractivity contribution in [3.8, 4) is 5.75 Å². The molecule has 0 bridgehead atoms. The highest BCUT2D eigenvalue weighted by Crippen LogP contribution is 2.28. The Morgan fingerprint density at radius 1 is 0.963 bits per heavy atom. The molecule has 0 unspecified atom stereocenters. The van der Waals surface area contributed by atoms with E-state index in [1.54, 1.807) is 11.0 Å². The summed E-state index contributed by atoms with van der Waals surface area (Å²) in [6.45, 7) is 1.55. The Morgan fingerprint density at radius 2 is 1.67 bits per heavy atom. The maximum atomic E-state index is 13.0. The van der Waals surface area contributed by atoms with E-state index >= 15 is 0 Å². The van der Waals surface area contributed by atoms with Crippen LogP contribution in [0.4, 0.5) is 0 Å². The van der Waals surface area contributed by atoms with Gasteiger partial charge in [-0.05, 0) is 25.0 Å². The summed E-state index contributed by atoms with van der Waals surface area (Å²) in [5.74, 6) is 0.0532. The van der Waals surface area contributed by atoms with Crippen molar-refractivity contribution in [3.63, 3.8) is 0 Å². The summed E-state index contributed by atoms with van der Waals surface area (Å²) in [4.78, 5) is 27.5. The van der Waals surface area contributed by atoms with Crippen LogP contribution in [0.2, 0.25) is 0 Å². The van der Waals surface area contributed by atoms with Crippen LogP contribution in [-0.4, -0.2) is 36.5 Å². The highest BCUT2D eigenvalue weighted by molar-refractivity contribution is 5.97. The van der Waals surface area contributed by atoms with Crippen molar-refractivity contribution >= 4 is 18.0 Å². The van der Waals surface area contributed by atoms with E-state index < -0.39 is 12.1 Å². The molecule has 0 spiro atoms. The fourth-order valence-electron chi connectivity index (χ4n) is 3.41. The average Bonchev–Trinajstić information content (AvgIpc) is 3.26. The summed E-state index contributed by atoms with van der Waals surface area (Å²) in [5.41, 5.74) is 1.92. The minimum absolute atomic E-state index is 0.134. The number of benzene rings is 2. The molecule has 2 aromatic carbocycles. The molecular weight excluding hydrogens is 342 g/mol. The Morgan fingerprint density at radius 3 is 2.44 bits per heavy atom. The number of nitrogens with zero attached hydrogens (tertiary/aromatic N) is 1. The zero-order valence-corrected chi connectivity index (χ0v) is 15.0. The van der Waals surface area contributed by atoms with Crippen molar-refractivity contribution in [1.29, 1.82) is 0 Å². The van der Waals surface area contributed by atoms with E-state index in [4.69, 9.17) is 9.47 Å². The summed E-state index contributed by atoms with van der Waals surface area (Å²) in [6.07, 6.45) is 2.80. The number of fused-ring (bicyclic) bond motifs is 1. The summed E-state index contributed by atoms with van der Waals surface area (Å²) in [5, 5.41) is 0. The largest absolute Gasteiger partial charge is 0.488 e. The molecule has 138 valence electrons. The Bertz CT molecular complexity index is 869. The summed E-state index contributed by atoms with van der Waals surface area (Å²) in [7, 11) is 0. The van der Waals surface area contributed by atoms with Gasteiger partial charge >= 0.3 is 5.97 Å². The third-order valence-electron chi connectivity index (χ3n) is 4.86. The molecule has 27 heavy (non-hydrogen) atoms. The summed E-state index contributed by atoms with van der Waals surface area (Å²) in [6, 6.07) is 16.7. The van der Waals surface area contributed by atoms with Crippen LogP contribution in [0.1, 0.15) is 30.1 Å². The molecule has 2 aromatic rings. The van der Waals surface area contributed by atoms with Crippen LogP contribution in [-0.2, 0) is 14.3 Å². The molecule has 5 nitrogen and oxygen atoms in total. The number of para-hydroxylation sites is 1. The Kier molecular flexibility index (Phi) is 4.92. The van der Waals surface area contributed by atoms with Crippen LogP contribution >= 0.6 is 0 Å². The third kappa shape index (κ3) is 3.72. The topological polar surface area (TPSA) is 55.8 Å². The van der Waals surface area contributed by atoms with Crippen LogP contribution < -0.4 is 4.74 Å². The van der Waals surface area contributed by atoms with Crippen LogP contribution in [0.25, 0.3) is 6.08 Å². The lowest BCUT2D eigenvalue weighted by atomic mass is 10.1. The van der Waals surface area contributed by atoms with Gasteiger partial charge in [-0.25, -0.2) is 4.79 Å². The first-order valence-electron chi connectivity index (χ1n) is 9.19. The van der Waals surface area contributed by atoms with E-state index in [1.165, 1.54) is 0 Å². The maximum Gasteiger partial charge on any atom is 0.338 e. The van der Waals surface area contributed by atoms with Crippen LogP contribution in [0, 0.1) is 0 Å². The molecule has 2 aliphatic rings. The number of hydrogen-bond acceptors (Lipinski definition) is 4. The van der Waals surface area contributed by atoms with E-state index in [2.05, 4.69) is 0 Å². The van der Waals surface area contributed by atoms with Gasteiger partial charge in [0.15, 0.2) is 0 Å². The standard InChI is InChI=1S/C22H21NO4/c24-21(23-12-6-7-13-23)20(16-8-2-1-3-9-16)27-22(25)18-14-17-10-4-5-11-19(17)26-15-18/h1-5,8-11,14,20H,6-7,12-13,15H2/t20-/m0/s1. The first-order valence-corrected chi connectivity index (χ1v) is 9.19. The molecule has 2 heterocycles. The number of ether oxygens (including phenoxy) is 2. The molecule has 4 rings (SSSR count). The van der Waals surface area contributed by atoms with Gasteiger partial charge in [0, 0.05) is 24.2 Å². The molecule has 1 amide bonds. The highest BCUT2D eigenvalue weighted by atomic mass is 16.6. The van der Waals surface area contributed by atoms with E-state index in [1.807, 2.05) is 54.6 Å². The van der Waals surface area contributed by atoms with Crippen molar-refractivity contribution in [2.24, 2.45) is 0 Å². The second-order valence-electron chi connectivity index (χ2n) is 6.72. The van der Waals surface area contributed by atoms with E-state index in [-0.39, 0.29) is 12.5 Å². The van der Waals surface area contributed by atoms with E-state index in [0.29, 0.717) is 24.2 Å². The SMILES string of the molecule is O=C(O[C@H](C(=O)N1CCCC1)c1ccccc1)C1=Cc2ccccc2OC1. The number of rotatable bonds is 4. The van der Waals surface area contributed by atoms with Crippen LogP contribution in [0.5, 0.6) is 5.75 Å². The molecule has 0 aliphatic carbocycles. The lowest BCUT2D eigenvalue weighted by molar-refractivity contribution is -0.157. The number of hydrogen-bond donors (Lipinski definition) is 0. The fraction of sp³-hybridized carbons (Fsp3) is 0.273. The second-order valence-corrected chi connectivity index (χ2v) is 6.72. The second kappa shape index (κ2) is 7.66. The van der Waals surface area contributed by atoms with Crippen LogP contribution in [0.3, 0.4) is 0 Å². The number of amides is 1. The molecule has 1 fully saturated rings. The number of esters is 1. The van der Waals surface area contributed by atoms with Gasteiger partial charge in [-0.2, -0.15) is 0 Å². The smallest absolute Gasteiger partial charge is 0.338 e. The van der Waals surface area contributed by atoms with E-state index in [0.717, 1.165) is 24.2 Å². The fourth-order valence-corrected chi connectivity index (χ4v) is 3.41. The van der Waals surface area contributed by atoms with Gasteiger partial charge in [0.05, 0.1) is 5.57 Å². The molecule has 5 heteroatoms. The monoisotopic (exact) mass is 363 g/mol. The van der Waals surface area contributed by atoms with Crippen molar-refractivity contribution in [2.45, 2.75) is 18.9 Å². The number of likely N-dealkylation sites (tertiary alicyclic amines) is 1. The van der Waals surface area contributed by atoms with E-state index in [9.17, 15) is 9.59 Å². The Hall–Kier alpha value is -3.08. The Balaban J connectivity index is 1.57. The third-order valence-corrected chi connectivity index (χ3v) is 4.86. The van der Waals surface area contributed by atoms with Crippen LogP contribution in [0.15, 0.2) is 60.2 Å². The summed E-state index contributed by atoms with van der Waals surface area (Å²) < 4.78 is 11.3. The molecule has 1 saturated heterocycles. The molecule has 2 aliphatic heterocycles. The predicted molar refractivity (Wildman–Crippen MR) is 101 cm³/mol. The van der Waals surface area contributed by atoms with Gasteiger partial charge in [-0.1, -0.05) is 48.5 Å². The molecular formula is C22H21NO4. The van der Waals surface area contributed by atoms with Gasteiger partial charge in [0.1, 0.15) is 12.4 Å². The molecule has 0 saturated carbocycles. The van der Waals surface area contributed by atoms with Gasteiger partial charge in [-0.15, -0.1) is 0 Å². The predicted octanol–water partition coefficient (Wildman–Crippen LogP) is 3.37. The molecule has 0 aromatic heterocycles. The highest BCUT2D eigenvalue weighted by Gasteiger charge is 2.32. The number of carbonyl (C=O) groups is 2. The molecule has 0 N–H and O–H groups in total. The average molecular weight is 363 g/mol. The quantitative estimate of drug-likeness (QED) is 0.782. The molecule has 0 radical (unpaired) electrons. The number of carbonyl (C=O) groups excluding carboxylic acids is 2. The normalized spacial score (nSPS) is 16.7. The molecule has 1 atom stereocenters. The Labute approximate surface area is 158 Å². The minimum atomic E-state index is -0.935. The van der Waals surface area contributed by atoms with Crippen molar-refractivity contribution in [1.82, 2.24) is 4.90 Å². The lowest BCUT2D eigenvalue weighted by Crippen LogP contribution is -2.35. The zero-order valence-electron chi connectivity index (χ0n) is 15.0. The lowest BCUT2D eigenvalue weighted by Gasteiger charge is -2.24. The maximum absolute atomic E-state index is 13.0. The first-order chi connectivity index (χ1) is 13.2. The van der Waals surface area contributed by atoms with Gasteiger partial charge < -0.3 is 14.4 Å². The van der Waals surface area contributed by atoms with Gasteiger partial charge in [-0.3, -0.25) is 4.79 Å². The van der Waals surface area contributed by atoms with Gasteiger partial charge in [0.2, 0.25) is 6.10 Å². The van der Waals surface area contributed by atoms with Crippen molar-refractivity contribution < 1.29 is 19.1 Å². The zero-order chi connectivity index (χ0) is 18.6. The first kappa shape index (κ1) is 17.3. The summed E-state index contributed by atoms with van der Waals surface area (Å²) >= 11 is 0. The van der Waals surface area contributed by atoms with Gasteiger partial charge in [0.25, 0.3) is 5.91 Å². The van der Waals surface area contributed by atoms with Crippen molar-refractivity contribution in [2.75, 3.05) is 19.7 Å².